The van der Waals surface area contributed by atoms with Crippen LogP contribution in [0.25, 0.3) is 21.8 Å². The summed E-state index contributed by atoms with van der Waals surface area (Å²) in [5.41, 5.74) is 7.35. The van der Waals surface area contributed by atoms with Crippen molar-refractivity contribution in [2.75, 3.05) is 0 Å². The average molecular weight is 309 g/mol. The molecule has 4 rings (SSSR count). The van der Waals surface area contributed by atoms with E-state index in [0.29, 0.717) is 27.8 Å². The number of nitrogens with zero attached hydrogens (tertiary/aromatic N) is 1. The second-order valence-electron chi connectivity index (χ2n) is 6.37. The Kier molecular flexibility index (Phi) is 3.33. The van der Waals surface area contributed by atoms with Crippen LogP contribution in [-0.4, -0.2) is 10.5 Å². The second kappa shape index (κ2) is 5.37. The van der Waals surface area contributed by atoms with Crippen LogP contribution in [0.1, 0.15) is 36.0 Å². The molecule has 4 heteroatoms. The van der Waals surface area contributed by atoms with Gasteiger partial charge in [-0.25, -0.2) is 4.39 Å². The monoisotopic (exact) mass is 309 g/mol. The molecule has 2 aromatic carbocycles. The molecule has 2 N–H and O–H groups in total. The zero-order chi connectivity index (χ0) is 16.0. The molecule has 1 aliphatic rings. The van der Waals surface area contributed by atoms with Crippen LogP contribution in [0.4, 0.5) is 4.39 Å². The van der Waals surface area contributed by atoms with Gasteiger partial charge in [0.1, 0.15) is 5.82 Å². The van der Waals surface area contributed by atoms with Gasteiger partial charge in [-0.3, -0.25) is 4.79 Å². The summed E-state index contributed by atoms with van der Waals surface area (Å²) in [5.74, 6) is -0.206. The largest absolute Gasteiger partial charge is 0.366 e. The standard InChI is InChI=1S/C19H18FN2O/c20-15-9-3-7-13-17-14(19(21)23)8-4-10-16(17)22(18(13)15)11-12-5-1-2-6-12/h3-4,8-10,12H,1-2,5-6,11H2,(H2,21,23). The van der Waals surface area contributed by atoms with Gasteiger partial charge in [0.05, 0.1) is 11.0 Å². The van der Waals surface area contributed by atoms with Gasteiger partial charge in [-0.1, -0.05) is 25.0 Å². The van der Waals surface area contributed by atoms with Gasteiger partial charge in [-0.2, -0.15) is 0 Å². The summed E-state index contributed by atoms with van der Waals surface area (Å²) >= 11 is 0. The minimum Gasteiger partial charge on any atom is -0.366 e. The number of carbonyl (C=O) groups excluding carboxylic acids is 1. The molecular weight excluding hydrogens is 291 g/mol. The maximum atomic E-state index is 14.5. The lowest BCUT2D eigenvalue weighted by atomic mass is 10.1. The van der Waals surface area contributed by atoms with Crippen LogP contribution in [0.15, 0.2) is 30.3 Å². The molecule has 1 radical (unpaired) electrons. The molecule has 117 valence electrons. The van der Waals surface area contributed by atoms with Gasteiger partial charge < -0.3 is 10.3 Å². The number of aromatic nitrogens is 1. The van der Waals surface area contributed by atoms with Crippen molar-refractivity contribution in [1.29, 1.82) is 0 Å². The van der Waals surface area contributed by atoms with E-state index in [-0.39, 0.29) is 5.82 Å². The average Bonchev–Trinajstić information content (AvgIpc) is 3.15. The van der Waals surface area contributed by atoms with Gasteiger partial charge in [0, 0.05) is 22.9 Å². The Hall–Kier alpha value is -2.36. The molecule has 1 saturated carbocycles. The van der Waals surface area contributed by atoms with Crippen molar-refractivity contribution < 1.29 is 9.18 Å². The number of carbonyl (C=O) groups is 1. The van der Waals surface area contributed by atoms with Gasteiger partial charge in [0.2, 0.25) is 5.91 Å². The first kappa shape index (κ1) is 14.2. The van der Waals surface area contributed by atoms with Crippen LogP contribution in [0.3, 0.4) is 0 Å². The Balaban J connectivity index is 2.05. The summed E-state index contributed by atoms with van der Waals surface area (Å²) in [7, 11) is 0. The van der Waals surface area contributed by atoms with Crippen LogP contribution in [0, 0.1) is 17.8 Å². The summed E-state index contributed by atoms with van der Waals surface area (Å²) in [6.07, 6.45) is 4.83. The smallest absolute Gasteiger partial charge is 0.249 e. The molecule has 0 aliphatic heterocycles. The highest BCUT2D eigenvalue weighted by Crippen LogP contribution is 2.35. The van der Waals surface area contributed by atoms with Gasteiger partial charge in [-0.05, 0) is 43.0 Å². The van der Waals surface area contributed by atoms with E-state index >= 15 is 0 Å². The van der Waals surface area contributed by atoms with E-state index in [2.05, 4.69) is 6.07 Å². The van der Waals surface area contributed by atoms with Gasteiger partial charge in [0.25, 0.3) is 0 Å². The van der Waals surface area contributed by atoms with E-state index in [1.165, 1.54) is 31.7 Å². The van der Waals surface area contributed by atoms with Crippen LogP contribution in [0.2, 0.25) is 0 Å². The first-order valence-electron chi connectivity index (χ1n) is 8.07. The number of benzene rings is 2. The molecule has 23 heavy (non-hydrogen) atoms. The zero-order valence-corrected chi connectivity index (χ0v) is 12.8. The SMILES string of the molecule is NC(=O)c1cccc2c1c1[c]ccc(F)c1n2CC1CCCC1. The molecule has 0 atom stereocenters. The van der Waals surface area contributed by atoms with Gasteiger partial charge in [-0.15, -0.1) is 0 Å². The Morgan fingerprint density at radius 3 is 2.83 bits per heavy atom. The van der Waals surface area contributed by atoms with E-state index in [9.17, 15) is 9.18 Å². The number of fused-ring (bicyclic) bond motifs is 3. The molecule has 0 spiro atoms. The molecule has 0 saturated heterocycles. The van der Waals surface area contributed by atoms with Crippen LogP contribution < -0.4 is 5.73 Å². The number of halogens is 1. The molecule has 1 aromatic heterocycles. The van der Waals surface area contributed by atoms with Gasteiger partial charge in [0.15, 0.2) is 0 Å². The van der Waals surface area contributed by atoms with Gasteiger partial charge >= 0.3 is 0 Å². The summed E-state index contributed by atoms with van der Waals surface area (Å²) in [4.78, 5) is 11.8. The number of primary amides is 1. The van der Waals surface area contributed by atoms with Crippen molar-refractivity contribution >= 4 is 27.7 Å². The molecule has 1 amide bonds. The van der Waals surface area contributed by atoms with Crippen molar-refractivity contribution in [3.63, 3.8) is 0 Å². The lowest BCUT2D eigenvalue weighted by Crippen LogP contribution is -2.11. The summed E-state index contributed by atoms with van der Waals surface area (Å²) in [5, 5.41) is 1.36. The third-order valence-corrected chi connectivity index (χ3v) is 4.95. The van der Waals surface area contributed by atoms with Crippen LogP contribution in [0.5, 0.6) is 0 Å². The van der Waals surface area contributed by atoms with E-state index in [1.54, 1.807) is 12.1 Å². The quantitative estimate of drug-likeness (QED) is 0.780. The highest BCUT2D eigenvalue weighted by Gasteiger charge is 2.22. The maximum Gasteiger partial charge on any atom is 0.249 e. The normalized spacial score (nSPS) is 15.7. The lowest BCUT2D eigenvalue weighted by Gasteiger charge is -2.13. The Morgan fingerprint density at radius 1 is 1.30 bits per heavy atom. The highest BCUT2D eigenvalue weighted by atomic mass is 19.1. The molecule has 0 unspecified atom stereocenters. The zero-order valence-electron chi connectivity index (χ0n) is 12.8. The Labute approximate surface area is 133 Å². The molecule has 3 nitrogen and oxygen atoms in total. The Morgan fingerprint density at radius 2 is 2.09 bits per heavy atom. The number of nitrogens with two attached hydrogens (primary N) is 1. The number of hydrogen-bond acceptors (Lipinski definition) is 1. The molecule has 1 fully saturated rings. The van der Waals surface area contributed by atoms with Crippen molar-refractivity contribution in [3.05, 3.63) is 47.8 Å². The number of amides is 1. The van der Waals surface area contributed by atoms with Crippen molar-refractivity contribution in [2.24, 2.45) is 11.7 Å². The lowest BCUT2D eigenvalue weighted by molar-refractivity contribution is 0.100. The minimum absolute atomic E-state index is 0.275. The highest BCUT2D eigenvalue weighted by molar-refractivity contribution is 6.17. The summed E-state index contributed by atoms with van der Waals surface area (Å²) in [6.45, 7) is 0.775. The van der Waals surface area contributed by atoms with Crippen molar-refractivity contribution in [3.8, 4) is 0 Å². The third kappa shape index (κ3) is 2.21. The summed E-state index contributed by atoms with van der Waals surface area (Å²) < 4.78 is 16.5. The minimum atomic E-state index is -0.492. The van der Waals surface area contributed by atoms with E-state index < -0.39 is 5.91 Å². The fourth-order valence-corrected chi connectivity index (χ4v) is 3.91. The second-order valence-corrected chi connectivity index (χ2v) is 6.37. The predicted octanol–water partition coefficient (Wildman–Crippen LogP) is 4.02. The molecule has 1 aliphatic carbocycles. The Bertz CT molecular complexity index is 907. The fourth-order valence-electron chi connectivity index (χ4n) is 3.91. The molecule has 0 bridgehead atoms. The predicted molar refractivity (Wildman–Crippen MR) is 88.7 cm³/mol. The van der Waals surface area contributed by atoms with E-state index in [4.69, 9.17) is 5.73 Å². The van der Waals surface area contributed by atoms with Crippen molar-refractivity contribution in [1.82, 2.24) is 4.57 Å². The number of rotatable bonds is 3. The topological polar surface area (TPSA) is 48.0 Å². The number of hydrogen-bond donors (Lipinski definition) is 1. The van der Waals surface area contributed by atoms with Crippen molar-refractivity contribution in [2.45, 2.75) is 32.2 Å². The first-order valence-corrected chi connectivity index (χ1v) is 8.07. The van der Waals surface area contributed by atoms with Crippen LogP contribution in [-0.2, 0) is 6.54 Å². The summed E-state index contributed by atoms with van der Waals surface area (Å²) in [6, 6.07) is 11.5. The molecule has 1 heterocycles. The fraction of sp³-hybridized carbons (Fsp3) is 0.316. The molecule has 3 aromatic rings. The van der Waals surface area contributed by atoms with Crippen LogP contribution >= 0.6 is 0 Å². The van der Waals surface area contributed by atoms with E-state index in [0.717, 1.165) is 12.1 Å². The molecular formula is C19H18FN2O. The van der Waals surface area contributed by atoms with E-state index in [1.807, 2.05) is 16.7 Å². The maximum absolute atomic E-state index is 14.5. The first-order chi connectivity index (χ1) is 11.2. The third-order valence-electron chi connectivity index (χ3n) is 4.95.